The molecule has 19 heavy (non-hydrogen) atoms. The van der Waals surface area contributed by atoms with Crippen molar-refractivity contribution in [3.05, 3.63) is 23.8 Å². The van der Waals surface area contributed by atoms with Crippen LogP contribution in [0.5, 0.6) is 11.5 Å². The molecule has 1 saturated heterocycles. The molecule has 106 valence electrons. The number of hydrogen-bond acceptors (Lipinski definition) is 4. The Hall–Kier alpha value is -1.26. The van der Waals surface area contributed by atoms with Crippen molar-refractivity contribution in [1.29, 1.82) is 0 Å². The van der Waals surface area contributed by atoms with Crippen molar-refractivity contribution in [2.75, 3.05) is 26.9 Å². The standard InChI is InChI=1S/C15H23NO3/c1-3-18-14-6-4-5-12(11-16-2)15(14)19-13-7-9-17-10-8-13/h4-6,13,16H,3,7-11H2,1-2H3. The minimum absolute atomic E-state index is 0.228. The van der Waals surface area contributed by atoms with Crippen molar-refractivity contribution in [3.8, 4) is 11.5 Å². The van der Waals surface area contributed by atoms with E-state index < -0.39 is 0 Å². The van der Waals surface area contributed by atoms with Crippen LogP contribution in [0.4, 0.5) is 0 Å². The normalized spacial score (nSPS) is 16.3. The molecule has 1 aliphatic rings. The molecule has 1 heterocycles. The van der Waals surface area contributed by atoms with Gasteiger partial charge < -0.3 is 19.5 Å². The zero-order valence-corrected chi connectivity index (χ0v) is 11.8. The topological polar surface area (TPSA) is 39.7 Å². The highest BCUT2D eigenvalue weighted by Gasteiger charge is 2.19. The summed E-state index contributed by atoms with van der Waals surface area (Å²) in [5.41, 5.74) is 1.14. The Morgan fingerprint density at radius 2 is 2.11 bits per heavy atom. The van der Waals surface area contributed by atoms with E-state index in [1.54, 1.807) is 0 Å². The minimum atomic E-state index is 0.228. The minimum Gasteiger partial charge on any atom is -0.490 e. The molecular weight excluding hydrogens is 242 g/mol. The third-order valence-corrected chi connectivity index (χ3v) is 3.18. The monoisotopic (exact) mass is 265 g/mol. The summed E-state index contributed by atoms with van der Waals surface area (Å²) < 4.78 is 17.2. The first-order valence-electron chi connectivity index (χ1n) is 6.98. The molecule has 0 spiro atoms. The lowest BCUT2D eigenvalue weighted by molar-refractivity contribution is 0.0239. The van der Waals surface area contributed by atoms with Gasteiger partial charge >= 0.3 is 0 Å². The predicted octanol–water partition coefficient (Wildman–Crippen LogP) is 2.36. The number of para-hydroxylation sites is 1. The maximum Gasteiger partial charge on any atom is 0.166 e. The van der Waals surface area contributed by atoms with E-state index in [1.165, 1.54) is 0 Å². The molecule has 0 atom stereocenters. The Labute approximate surface area is 115 Å². The van der Waals surface area contributed by atoms with Crippen molar-refractivity contribution >= 4 is 0 Å². The van der Waals surface area contributed by atoms with Gasteiger partial charge in [-0.2, -0.15) is 0 Å². The van der Waals surface area contributed by atoms with Gasteiger partial charge in [-0.1, -0.05) is 12.1 Å². The van der Waals surface area contributed by atoms with Crippen LogP contribution in [0.2, 0.25) is 0 Å². The Kier molecular flexibility index (Phi) is 5.48. The van der Waals surface area contributed by atoms with Crippen molar-refractivity contribution in [2.45, 2.75) is 32.4 Å². The van der Waals surface area contributed by atoms with E-state index in [0.717, 1.165) is 49.7 Å². The summed E-state index contributed by atoms with van der Waals surface area (Å²) in [6.45, 7) is 4.97. The highest BCUT2D eigenvalue weighted by atomic mass is 16.5. The molecule has 1 aromatic carbocycles. The largest absolute Gasteiger partial charge is 0.490 e. The number of rotatable bonds is 6. The summed E-state index contributed by atoms with van der Waals surface area (Å²) in [4.78, 5) is 0. The molecule has 0 saturated carbocycles. The molecule has 2 rings (SSSR count). The van der Waals surface area contributed by atoms with Crippen molar-refractivity contribution < 1.29 is 14.2 Å². The molecule has 1 aromatic rings. The van der Waals surface area contributed by atoms with Gasteiger partial charge in [0.25, 0.3) is 0 Å². The molecule has 0 bridgehead atoms. The number of ether oxygens (including phenoxy) is 3. The highest BCUT2D eigenvalue weighted by Crippen LogP contribution is 2.33. The van der Waals surface area contributed by atoms with Gasteiger partial charge in [0.1, 0.15) is 6.10 Å². The van der Waals surface area contributed by atoms with Gasteiger partial charge in [0.05, 0.1) is 19.8 Å². The summed E-state index contributed by atoms with van der Waals surface area (Å²) in [6.07, 6.45) is 2.12. The average molecular weight is 265 g/mol. The van der Waals surface area contributed by atoms with Gasteiger partial charge in [-0.3, -0.25) is 0 Å². The zero-order chi connectivity index (χ0) is 13.5. The van der Waals surface area contributed by atoms with E-state index in [9.17, 15) is 0 Å². The fourth-order valence-corrected chi connectivity index (χ4v) is 2.25. The summed E-state index contributed by atoms with van der Waals surface area (Å²) in [6, 6.07) is 6.06. The van der Waals surface area contributed by atoms with Gasteiger partial charge in [-0.15, -0.1) is 0 Å². The maximum atomic E-state index is 6.18. The van der Waals surface area contributed by atoms with Crippen LogP contribution in [-0.4, -0.2) is 33.0 Å². The molecular formula is C15H23NO3. The van der Waals surface area contributed by atoms with Crippen LogP contribution in [0.3, 0.4) is 0 Å². The van der Waals surface area contributed by atoms with Crippen LogP contribution in [0.15, 0.2) is 18.2 Å². The number of nitrogens with one attached hydrogen (secondary N) is 1. The highest BCUT2D eigenvalue weighted by molar-refractivity contribution is 5.46. The summed E-state index contributed by atoms with van der Waals surface area (Å²) >= 11 is 0. The molecule has 0 aromatic heterocycles. The Balaban J connectivity index is 2.17. The Morgan fingerprint density at radius 3 is 2.79 bits per heavy atom. The van der Waals surface area contributed by atoms with Crippen molar-refractivity contribution in [3.63, 3.8) is 0 Å². The summed E-state index contributed by atoms with van der Waals surface area (Å²) in [7, 11) is 1.94. The average Bonchev–Trinajstić information content (AvgIpc) is 2.44. The third kappa shape index (κ3) is 3.85. The van der Waals surface area contributed by atoms with Gasteiger partial charge in [0.15, 0.2) is 11.5 Å². The SMILES string of the molecule is CCOc1cccc(CNC)c1OC1CCOCC1. The smallest absolute Gasteiger partial charge is 0.166 e. The van der Waals surface area contributed by atoms with Gasteiger partial charge in [0.2, 0.25) is 0 Å². The summed E-state index contributed by atoms with van der Waals surface area (Å²) in [5, 5.41) is 3.17. The predicted molar refractivity (Wildman–Crippen MR) is 74.8 cm³/mol. The van der Waals surface area contributed by atoms with Crippen LogP contribution in [0, 0.1) is 0 Å². The van der Waals surface area contributed by atoms with Crippen LogP contribution in [-0.2, 0) is 11.3 Å². The lowest BCUT2D eigenvalue weighted by Gasteiger charge is -2.25. The molecule has 1 N–H and O–H groups in total. The third-order valence-electron chi connectivity index (χ3n) is 3.18. The van der Waals surface area contributed by atoms with E-state index in [-0.39, 0.29) is 6.10 Å². The summed E-state index contributed by atoms with van der Waals surface area (Å²) in [5.74, 6) is 1.72. The van der Waals surface area contributed by atoms with E-state index in [0.29, 0.717) is 6.61 Å². The second-order valence-electron chi connectivity index (χ2n) is 4.64. The molecule has 0 radical (unpaired) electrons. The van der Waals surface area contributed by atoms with E-state index in [1.807, 2.05) is 26.1 Å². The molecule has 0 amide bonds. The van der Waals surface area contributed by atoms with E-state index >= 15 is 0 Å². The number of hydrogen-bond donors (Lipinski definition) is 1. The van der Waals surface area contributed by atoms with Crippen LogP contribution < -0.4 is 14.8 Å². The van der Waals surface area contributed by atoms with Gasteiger partial charge in [-0.05, 0) is 20.0 Å². The van der Waals surface area contributed by atoms with Gasteiger partial charge in [0, 0.05) is 24.9 Å². The molecule has 1 fully saturated rings. The molecule has 1 aliphatic heterocycles. The molecule has 0 aliphatic carbocycles. The Bertz CT molecular complexity index is 365. The zero-order valence-electron chi connectivity index (χ0n) is 11.8. The maximum absolute atomic E-state index is 6.18. The van der Waals surface area contributed by atoms with E-state index in [4.69, 9.17) is 14.2 Å². The number of benzene rings is 1. The fraction of sp³-hybridized carbons (Fsp3) is 0.600. The first-order chi connectivity index (χ1) is 9.35. The molecule has 0 unspecified atom stereocenters. The first kappa shape index (κ1) is 14.2. The van der Waals surface area contributed by atoms with Crippen LogP contribution in [0.1, 0.15) is 25.3 Å². The first-order valence-corrected chi connectivity index (χ1v) is 6.98. The molecule has 4 nitrogen and oxygen atoms in total. The van der Waals surface area contributed by atoms with E-state index in [2.05, 4.69) is 11.4 Å². The quantitative estimate of drug-likeness (QED) is 0.857. The second kappa shape index (κ2) is 7.36. The van der Waals surface area contributed by atoms with Crippen molar-refractivity contribution in [1.82, 2.24) is 5.32 Å². The van der Waals surface area contributed by atoms with Gasteiger partial charge in [-0.25, -0.2) is 0 Å². The molecule has 4 heteroatoms. The van der Waals surface area contributed by atoms with Crippen LogP contribution >= 0.6 is 0 Å². The Morgan fingerprint density at radius 1 is 1.32 bits per heavy atom. The lowest BCUT2D eigenvalue weighted by atomic mass is 10.1. The lowest BCUT2D eigenvalue weighted by Crippen LogP contribution is -2.26. The van der Waals surface area contributed by atoms with Crippen LogP contribution in [0.25, 0.3) is 0 Å². The van der Waals surface area contributed by atoms with Crippen molar-refractivity contribution in [2.24, 2.45) is 0 Å². The fourth-order valence-electron chi connectivity index (χ4n) is 2.25. The second-order valence-corrected chi connectivity index (χ2v) is 4.64.